The number of carbonyl (C=O) groups excluding carboxylic acids is 1. The molecule has 0 bridgehead atoms. The minimum absolute atomic E-state index is 0.00597. The number of benzene rings is 1. The molecule has 1 aliphatic carbocycles. The second kappa shape index (κ2) is 10.2. The second-order valence-corrected chi connectivity index (χ2v) is 9.27. The molecule has 1 aromatic carbocycles. The number of unbranched alkanes of at least 4 members (excludes halogenated alkanes) is 1. The SMILES string of the molecule is CCCCOC(=O)C1CCC(C(O)Cc2ncc(-c3cc(C)cc(N)c3)s2)CC1. The molecule has 6 heteroatoms. The fraction of sp³-hybridized carbons (Fsp3) is 0.565. The van der Waals surface area contributed by atoms with Crippen molar-refractivity contribution in [3.8, 4) is 10.4 Å². The highest BCUT2D eigenvalue weighted by Gasteiger charge is 2.31. The fourth-order valence-corrected chi connectivity index (χ4v) is 4.97. The van der Waals surface area contributed by atoms with Crippen molar-refractivity contribution in [1.82, 2.24) is 4.98 Å². The van der Waals surface area contributed by atoms with E-state index in [1.54, 1.807) is 11.3 Å². The Bertz CT molecular complexity index is 792. The Morgan fingerprint density at radius 1 is 1.31 bits per heavy atom. The molecule has 29 heavy (non-hydrogen) atoms. The maximum atomic E-state index is 12.1. The van der Waals surface area contributed by atoms with E-state index in [0.717, 1.165) is 65.2 Å². The summed E-state index contributed by atoms with van der Waals surface area (Å²) in [5.41, 5.74) is 8.91. The van der Waals surface area contributed by atoms with Crippen LogP contribution in [-0.4, -0.2) is 28.8 Å². The van der Waals surface area contributed by atoms with Gasteiger partial charge in [0.25, 0.3) is 0 Å². The van der Waals surface area contributed by atoms with E-state index in [2.05, 4.69) is 18.0 Å². The average molecular weight is 417 g/mol. The first kappa shape index (κ1) is 21.8. The lowest BCUT2D eigenvalue weighted by Gasteiger charge is -2.30. The van der Waals surface area contributed by atoms with Crippen LogP contribution in [0.5, 0.6) is 0 Å². The van der Waals surface area contributed by atoms with E-state index in [9.17, 15) is 9.90 Å². The minimum Gasteiger partial charge on any atom is -0.465 e. The topological polar surface area (TPSA) is 85.4 Å². The highest BCUT2D eigenvalue weighted by atomic mass is 32.1. The summed E-state index contributed by atoms with van der Waals surface area (Å²) in [5.74, 6) is 0.151. The van der Waals surface area contributed by atoms with E-state index in [1.807, 2.05) is 25.3 Å². The van der Waals surface area contributed by atoms with Crippen molar-refractivity contribution < 1.29 is 14.6 Å². The Labute approximate surface area is 177 Å². The van der Waals surface area contributed by atoms with Gasteiger partial charge in [-0.05, 0) is 68.2 Å². The van der Waals surface area contributed by atoms with Crippen LogP contribution in [-0.2, 0) is 16.0 Å². The number of anilines is 1. The van der Waals surface area contributed by atoms with E-state index >= 15 is 0 Å². The molecule has 0 spiro atoms. The first-order valence-electron chi connectivity index (χ1n) is 10.6. The van der Waals surface area contributed by atoms with Crippen LogP contribution in [0.25, 0.3) is 10.4 Å². The second-order valence-electron chi connectivity index (χ2n) is 8.15. The molecule has 1 fully saturated rings. The number of hydrogen-bond acceptors (Lipinski definition) is 6. The van der Waals surface area contributed by atoms with E-state index in [0.29, 0.717) is 13.0 Å². The zero-order valence-electron chi connectivity index (χ0n) is 17.4. The van der Waals surface area contributed by atoms with Crippen molar-refractivity contribution >= 4 is 23.0 Å². The largest absolute Gasteiger partial charge is 0.465 e. The van der Waals surface area contributed by atoms with Gasteiger partial charge in [0.15, 0.2) is 0 Å². The summed E-state index contributed by atoms with van der Waals surface area (Å²) in [7, 11) is 0. The first-order chi connectivity index (χ1) is 14.0. The van der Waals surface area contributed by atoms with Gasteiger partial charge in [-0.15, -0.1) is 11.3 Å². The molecule has 0 aliphatic heterocycles. The highest BCUT2D eigenvalue weighted by molar-refractivity contribution is 7.15. The molecular formula is C23H32N2O3S. The zero-order valence-corrected chi connectivity index (χ0v) is 18.2. The third kappa shape index (κ3) is 6.03. The lowest BCUT2D eigenvalue weighted by molar-refractivity contribution is -0.150. The van der Waals surface area contributed by atoms with Crippen LogP contribution in [0, 0.1) is 18.8 Å². The van der Waals surface area contributed by atoms with Crippen molar-refractivity contribution in [3.63, 3.8) is 0 Å². The number of thiazole rings is 1. The average Bonchev–Trinajstić information content (AvgIpc) is 3.16. The van der Waals surface area contributed by atoms with Crippen LogP contribution < -0.4 is 5.73 Å². The quantitative estimate of drug-likeness (QED) is 0.368. The van der Waals surface area contributed by atoms with Crippen LogP contribution in [0.3, 0.4) is 0 Å². The summed E-state index contributed by atoms with van der Waals surface area (Å²) >= 11 is 1.61. The Morgan fingerprint density at radius 2 is 2.07 bits per heavy atom. The number of rotatable bonds is 8. The third-order valence-corrected chi connectivity index (χ3v) is 6.78. The Balaban J connectivity index is 1.51. The monoisotopic (exact) mass is 416 g/mol. The van der Waals surface area contributed by atoms with Gasteiger partial charge < -0.3 is 15.6 Å². The number of carbonyl (C=O) groups is 1. The molecule has 3 N–H and O–H groups in total. The highest BCUT2D eigenvalue weighted by Crippen LogP contribution is 2.34. The molecule has 1 atom stereocenters. The van der Waals surface area contributed by atoms with Gasteiger partial charge in [-0.1, -0.05) is 19.4 Å². The van der Waals surface area contributed by atoms with Gasteiger partial charge >= 0.3 is 5.97 Å². The van der Waals surface area contributed by atoms with Gasteiger partial charge in [-0.2, -0.15) is 0 Å². The van der Waals surface area contributed by atoms with Crippen LogP contribution in [0.1, 0.15) is 56.0 Å². The molecule has 0 saturated heterocycles. The van der Waals surface area contributed by atoms with Gasteiger partial charge in [0, 0.05) is 18.3 Å². The normalized spacial score (nSPS) is 20.4. The zero-order chi connectivity index (χ0) is 20.8. The third-order valence-electron chi connectivity index (χ3n) is 5.71. The summed E-state index contributed by atoms with van der Waals surface area (Å²) in [5, 5.41) is 11.7. The van der Waals surface area contributed by atoms with Crippen molar-refractivity contribution in [3.05, 3.63) is 35.0 Å². The minimum atomic E-state index is -0.423. The molecule has 1 heterocycles. The number of aliphatic hydroxyl groups excluding tert-OH is 1. The summed E-state index contributed by atoms with van der Waals surface area (Å²) in [6.45, 7) is 4.64. The maximum Gasteiger partial charge on any atom is 0.308 e. The Hall–Kier alpha value is -1.92. The number of ether oxygens (including phenoxy) is 1. The Kier molecular flexibility index (Phi) is 7.67. The Morgan fingerprint density at radius 3 is 2.76 bits per heavy atom. The maximum absolute atomic E-state index is 12.1. The van der Waals surface area contributed by atoms with Crippen molar-refractivity contribution in [2.24, 2.45) is 11.8 Å². The lowest BCUT2D eigenvalue weighted by Crippen LogP contribution is -2.30. The first-order valence-corrected chi connectivity index (χ1v) is 11.4. The molecule has 2 aromatic rings. The lowest BCUT2D eigenvalue weighted by atomic mass is 9.79. The van der Waals surface area contributed by atoms with E-state index in [1.165, 1.54) is 0 Å². The number of aryl methyl sites for hydroxylation is 1. The number of nitrogens with two attached hydrogens (primary N) is 1. The molecule has 0 radical (unpaired) electrons. The number of nitrogen functional groups attached to an aromatic ring is 1. The number of aliphatic hydroxyl groups is 1. The number of hydrogen-bond donors (Lipinski definition) is 2. The van der Waals surface area contributed by atoms with Gasteiger partial charge in [0.1, 0.15) is 0 Å². The number of nitrogens with zero attached hydrogens (tertiary/aromatic N) is 1. The summed E-state index contributed by atoms with van der Waals surface area (Å²) < 4.78 is 5.36. The number of esters is 1. The smallest absolute Gasteiger partial charge is 0.308 e. The van der Waals surface area contributed by atoms with Crippen LogP contribution in [0.15, 0.2) is 24.4 Å². The van der Waals surface area contributed by atoms with E-state index < -0.39 is 6.10 Å². The van der Waals surface area contributed by atoms with Gasteiger partial charge in [0.2, 0.25) is 0 Å². The van der Waals surface area contributed by atoms with Crippen LogP contribution in [0.2, 0.25) is 0 Å². The van der Waals surface area contributed by atoms with Crippen LogP contribution >= 0.6 is 11.3 Å². The summed E-state index contributed by atoms with van der Waals surface area (Å²) in [6, 6.07) is 6.01. The molecule has 1 saturated carbocycles. The molecule has 5 nitrogen and oxygen atoms in total. The summed E-state index contributed by atoms with van der Waals surface area (Å²) in [6.07, 6.45) is 7.28. The molecule has 1 unspecified atom stereocenters. The van der Waals surface area contributed by atoms with Crippen molar-refractivity contribution in [1.29, 1.82) is 0 Å². The predicted molar refractivity (Wildman–Crippen MR) is 118 cm³/mol. The van der Waals surface area contributed by atoms with Gasteiger partial charge in [-0.3, -0.25) is 4.79 Å². The van der Waals surface area contributed by atoms with Crippen LogP contribution in [0.4, 0.5) is 5.69 Å². The summed E-state index contributed by atoms with van der Waals surface area (Å²) in [4.78, 5) is 17.7. The van der Waals surface area contributed by atoms with E-state index in [-0.39, 0.29) is 17.8 Å². The van der Waals surface area contributed by atoms with E-state index in [4.69, 9.17) is 10.5 Å². The molecule has 1 aromatic heterocycles. The number of aromatic nitrogens is 1. The molecular weight excluding hydrogens is 384 g/mol. The molecule has 0 amide bonds. The molecule has 3 rings (SSSR count). The van der Waals surface area contributed by atoms with Gasteiger partial charge in [-0.25, -0.2) is 4.98 Å². The van der Waals surface area contributed by atoms with Crippen molar-refractivity contribution in [2.45, 2.75) is 64.9 Å². The molecule has 1 aliphatic rings. The standard InChI is InChI=1S/C23H32N2O3S/c1-3-4-9-28-23(27)17-7-5-16(6-8-17)20(26)13-22-25-14-21(29-22)18-10-15(2)11-19(24)12-18/h10-12,14,16-17,20,26H,3-9,13,24H2,1-2H3. The molecule has 158 valence electrons. The fourth-order valence-electron chi connectivity index (χ4n) is 4.01. The van der Waals surface area contributed by atoms with Gasteiger partial charge in [0.05, 0.1) is 28.5 Å². The predicted octanol–water partition coefficient (Wildman–Crippen LogP) is 4.75. The van der Waals surface area contributed by atoms with Crippen molar-refractivity contribution in [2.75, 3.05) is 12.3 Å².